The van der Waals surface area contributed by atoms with Crippen LogP contribution in [0.3, 0.4) is 0 Å². The largest absolute Gasteiger partial charge is 0.465 e. The highest BCUT2D eigenvalue weighted by molar-refractivity contribution is 7.14. The molecule has 2 heterocycles. The van der Waals surface area contributed by atoms with Gasteiger partial charge in [0.05, 0.1) is 12.9 Å². The predicted octanol–water partition coefficient (Wildman–Crippen LogP) is 2.56. The van der Waals surface area contributed by atoms with Gasteiger partial charge in [-0.05, 0) is 25.1 Å². The topological polar surface area (TPSA) is 81.4 Å². The Labute approximate surface area is 119 Å². The van der Waals surface area contributed by atoms with Gasteiger partial charge >= 0.3 is 5.97 Å². The van der Waals surface area contributed by atoms with Gasteiger partial charge in [-0.15, -0.1) is 11.3 Å². The van der Waals surface area contributed by atoms with Crippen molar-refractivity contribution in [2.75, 3.05) is 11.9 Å². The molecule has 7 heteroatoms. The molecule has 0 aliphatic heterocycles. The van der Waals surface area contributed by atoms with E-state index in [1.54, 1.807) is 19.1 Å². The Kier molecular flexibility index (Phi) is 4.67. The maximum absolute atomic E-state index is 11.6. The molecular formula is C13H12N2O4S. The molecule has 0 atom stereocenters. The summed E-state index contributed by atoms with van der Waals surface area (Å²) >= 11 is 1.15. The first-order valence-electron chi connectivity index (χ1n) is 5.84. The molecule has 0 fully saturated rings. The summed E-state index contributed by atoms with van der Waals surface area (Å²) in [5.41, 5.74) is 0.183. The third-order valence-electron chi connectivity index (χ3n) is 2.16. The van der Waals surface area contributed by atoms with E-state index in [1.165, 1.54) is 23.8 Å². The van der Waals surface area contributed by atoms with E-state index < -0.39 is 5.97 Å². The lowest BCUT2D eigenvalue weighted by atomic mass is 10.4. The van der Waals surface area contributed by atoms with Crippen molar-refractivity contribution in [3.05, 3.63) is 41.3 Å². The molecular weight excluding hydrogens is 280 g/mol. The van der Waals surface area contributed by atoms with Gasteiger partial charge in [-0.2, -0.15) is 0 Å². The van der Waals surface area contributed by atoms with E-state index in [0.717, 1.165) is 11.3 Å². The number of esters is 1. The van der Waals surface area contributed by atoms with E-state index >= 15 is 0 Å². The van der Waals surface area contributed by atoms with E-state index in [-0.39, 0.29) is 18.2 Å². The standard InChI is InChI=1S/C13H12N2O4S/c1-2-18-12(17)10-8-20-13(14-10)15-11(16)6-5-9-4-3-7-19-9/h3-8H,2H2,1H3,(H,14,15,16). The lowest BCUT2D eigenvalue weighted by Gasteiger charge is -1.97. The minimum absolute atomic E-state index is 0.183. The molecule has 2 aromatic heterocycles. The van der Waals surface area contributed by atoms with Gasteiger partial charge in [0.2, 0.25) is 5.91 Å². The summed E-state index contributed by atoms with van der Waals surface area (Å²) in [5, 5.41) is 4.42. The van der Waals surface area contributed by atoms with Gasteiger partial charge in [-0.3, -0.25) is 10.1 Å². The second-order valence-corrected chi connectivity index (χ2v) is 4.45. The number of rotatable bonds is 5. The number of carbonyl (C=O) groups is 2. The Hall–Kier alpha value is -2.41. The van der Waals surface area contributed by atoms with Crippen LogP contribution in [0, 0.1) is 0 Å². The highest BCUT2D eigenvalue weighted by Crippen LogP contribution is 2.16. The molecule has 20 heavy (non-hydrogen) atoms. The van der Waals surface area contributed by atoms with Crippen LogP contribution in [0.4, 0.5) is 5.13 Å². The van der Waals surface area contributed by atoms with Gasteiger partial charge in [-0.25, -0.2) is 9.78 Å². The molecule has 0 spiro atoms. The maximum atomic E-state index is 11.6. The molecule has 0 bridgehead atoms. The summed E-state index contributed by atoms with van der Waals surface area (Å²) in [6.07, 6.45) is 4.38. The van der Waals surface area contributed by atoms with Crippen molar-refractivity contribution in [1.82, 2.24) is 4.98 Å². The van der Waals surface area contributed by atoms with Crippen molar-refractivity contribution in [2.45, 2.75) is 6.92 Å². The molecule has 0 unspecified atom stereocenters. The first-order valence-corrected chi connectivity index (χ1v) is 6.72. The summed E-state index contributed by atoms with van der Waals surface area (Å²) in [6, 6.07) is 3.45. The molecule has 104 valence electrons. The lowest BCUT2D eigenvalue weighted by molar-refractivity contribution is -0.111. The highest BCUT2D eigenvalue weighted by Gasteiger charge is 2.12. The molecule has 0 saturated heterocycles. The zero-order valence-corrected chi connectivity index (χ0v) is 11.5. The number of anilines is 1. The van der Waals surface area contributed by atoms with Gasteiger partial charge in [0.15, 0.2) is 10.8 Å². The number of amides is 1. The van der Waals surface area contributed by atoms with Crippen molar-refractivity contribution in [1.29, 1.82) is 0 Å². The zero-order chi connectivity index (χ0) is 14.4. The van der Waals surface area contributed by atoms with Crippen LogP contribution in [0.1, 0.15) is 23.2 Å². The van der Waals surface area contributed by atoms with E-state index in [2.05, 4.69) is 10.3 Å². The summed E-state index contributed by atoms with van der Waals surface area (Å²) in [5.74, 6) is -0.284. The highest BCUT2D eigenvalue weighted by atomic mass is 32.1. The quantitative estimate of drug-likeness (QED) is 0.676. The third-order valence-corrected chi connectivity index (χ3v) is 2.92. The Bertz CT molecular complexity index is 616. The van der Waals surface area contributed by atoms with E-state index in [1.807, 2.05) is 0 Å². The molecule has 2 rings (SSSR count). The molecule has 0 radical (unpaired) electrons. The average molecular weight is 292 g/mol. The lowest BCUT2D eigenvalue weighted by Crippen LogP contribution is -2.09. The van der Waals surface area contributed by atoms with E-state index in [4.69, 9.17) is 9.15 Å². The number of carbonyl (C=O) groups excluding carboxylic acids is 2. The smallest absolute Gasteiger partial charge is 0.357 e. The van der Waals surface area contributed by atoms with Gasteiger partial charge in [-0.1, -0.05) is 0 Å². The van der Waals surface area contributed by atoms with Crippen molar-refractivity contribution >= 4 is 34.4 Å². The van der Waals surface area contributed by atoms with Gasteiger partial charge in [0.1, 0.15) is 5.76 Å². The molecule has 6 nitrogen and oxygen atoms in total. The number of nitrogens with one attached hydrogen (secondary N) is 1. The van der Waals surface area contributed by atoms with Gasteiger partial charge in [0, 0.05) is 11.5 Å². The fourth-order valence-corrected chi connectivity index (χ4v) is 2.00. The minimum atomic E-state index is -0.504. The van der Waals surface area contributed by atoms with Crippen LogP contribution in [0.2, 0.25) is 0 Å². The van der Waals surface area contributed by atoms with Crippen LogP contribution < -0.4 is 5.32 Å². The Morgan fingerprint density at radius 3 is 3.10 bits per heavy atom. The van der Waals surface area contributed by atoms with Crippen LogP contribution in [0.15, 0.2) is 34.3 Å². The van der Waals surface area contributed by atoms with Crippen molar-refractivity contribution in [3.8, 4) is 0 Å². The molecule has 1 N–H and O–H groups in total. The molecule has 0 aromatic carbocycles. The number of hydrogen-bond acceptors (Lipinski definition) is 6. The van der Waals surface area contributed by atoms with Crippen LogP contribution in [0.5, 0.6) is 0 Å². The maximum Gasteiger partial charge on any atom is 0.357 e. The average Bonchev–Trinajstić information content (AvgIpc) is 3.07. The Balaban J connectivity index is 1.93. The fraction of sp³-hybridized carbons (Fsp3) is 0.154. The zero-order valence-electron chi connectivity index (χ0n) is 10.7. The Morgan fingerprint density at radius 1 is 1.55 bits per heavy atom. The molecule has 1 amide bonds. The van der Waals surface area contributed by atoms with Crippen molar-refractivity contribution < 1.29 is 18.7 Å². The number of thiazole rings is 1. The summed E-state index contributed by atoms with van der Waals surface area (Å²) < 4.78 is 9.86. The van der Waals surface area contributed by atoms with Crippen LogP contribution in [0.25, 0.3) is 6.08 Å². The predicted molar refractivity (Wildman–Crippen MR) is 74.4 cm³/mol. The minimum Gasteiger partial charge on any atom is -0.465 e. The van der Waals surface area contributed by atoms with Gasteiger partial charge < -0.3 is 9.15 Å². The Morgan fingerprint density at radius 2 is 2.40 bits per heavy atom. The van der Waals surface area contributed by atoms with Crippen LogP contribution >= 0.6 is 11.3 Å². The normalized spacial score (nSPS) is 10.7. The number of nitrogens with zero attached hydrogens (tertiary/aromatic N) is 1. The molecule has 0 saturated carbocycles. The fourth-order valence-electron chi connectivity index (χ4n) is 1.32. The second-order valence-electron chi connectivity index (χ2n) is 3.60. The van der Waals surface area contributed by atoms with Gasteiger partial charge in [0.25, 0.3) is 0 Å². The summed E-state index contributed by atoms with van der Waals surface area (Å²) in [7, 11) is 0. The first-order chi connectivity index (χ1) is 9.69. The van der Waals surface area contributed by atoms with E-state index in [9.17, 15) is 9.59 Å². The van der Waals surface area contributed by atoms with Crippen LogP contribution in [-0.4, -0.2) is 23.5 Å². The number of hydrogen-bond donors (Lipinski definition) is 1. The monoisotopic (exact) mass is 292 g/mol. The van der Waals surface area contributed by atoms with E-state index in [0.29, 0.717) is 10.9 Å². The van der Waals surface area contributed by atoms with Crippen LogP contribution in [-0.2, 0) is 9.53 Å². The van der Waals surface area contributed by atoms with Crippen molar-refractivity contribution in [3.63, 3.8) is 0 Å². The first kappa shape index (κ1) is 14.0. The summed E-state index contributed by atoms with van der Waals surface area (Å²) in [4.78, 5) is 27.0. The number of ether oxygens (including phenoxy) is 1. The SMILES string of the molecule is CCOC(=O)c1csc(NC(=O)C=Cc2ccco2)n1. The second kappa shape index (κ2) is 6.67. The molecule has 0 aliphatic rings. The third kappa shape index (κ3) is 3.79. The summed E-state index contributed by atoms with van der Waals surface area (Å²) in [6.45, 7) is 2.00. The number of furan rings is 1. The van der Waals surface area contributed by atoms with Crippen molar-refractivity contribution in [2.24, 2.45) is 0 Å². The molecule has 0 aliphatic carbocycles. The molecule has 2 aromatic rings. The number of aromatic nitrogens is 1.